The zero-order valence-electron chi connectivity index (χ0n) is 12.4. The Morgan fingerprint density at radius 1 is 1.43 bits per heavy atom. The van der Waals surface area contributed by atoms with E-state index in [1.807, 2.05) is 13.8 Å². The molecule has 2 unspecified atom stereocenters. The molecule has 1 heterocycles. The number of aryl methyl sites for hydroxylation is 1. The summed E-state index contributed by atoms with van der Waals surface area (Å²) in [5.74, 6) is -1.02. The fourth-order valence-electron chi connectivity index (χ4n) is 2.47. The number of aromatic carboxylic acids is 1. The van der Waals surface area contributed by atoms with E-state index in [-0.39, 0.29) is 23.7 Å². The Hall–Kier alpha value is -2.08. The monoisotopic (exact) mass is 292 g/mol. The van der Waals surface area contributed by atoms with E-state index in [0.717, 1.165) is 12.0 Å². The van der Waals surface area contributed by atoms with Crippen LogP contribution in [0.25, 0.3) is 0 Å². The van der Waals surface area contributed by atoms with Crippen molar-refractivity contribution in [1.82, 2.24) is 4.90 Å². The van der Waals surface area contributed by atoms with Gasteiger partial charge in [0.25, 0.3) is 0 Å². The fourth-order valence-corrected chi connectivity index (χ4v) is 2.47. The van der Waals surface area contributed by atoms with Crippen molar-refractivity contribution >= 4 is 17.7 Å². The van der Waals surface area contributed by atoms with Gasteiger partial charge >= 0.3 is 12.0 Å². The number of likely N-dealkylation sites (N-methyl/N-ethyl adjacent to an activating group) is 1. The van der Waals surface area contributed by atoms with Crippen LogP contribution in [0.15, 0.2) is 18.2 Å². The molecule has 6 heteroatoms. The fraction of sp³-hybridized carbons (Fsp3) is 0.467. The highest BCUT2D eigenvalue weighted by Crippen LogP contribution is 2.21. The summed E-state index contributed by atoms with van der Waals surface area (Å²) in [6.45, 7) is 4.41. The number of anilines is 1. The maximum absolute atomic E-state index is 12.3. The summed E-state index contributed by atoms with van der Waals surface area (Å²) in [4.78, 5) is 24.9. The third kappa shape index (κ3) is 3.33. The number of carbonyl (C=O) groups excluding carboxylic acids is 1. The first-order chi connectivity index (χ1) is 9.90. The second-order valence-corrected chi connectivity index (χ2v) is 5.31. The van der Waals surface area contributed by atoms with E-state index in [4.69, 9.17) is 9.84 Å². The van der Waals surface area contributed by atoms with Gasteiger partial charge in [-0.15, -0.1) is 0 Å². The van der Waals surface area contributed by atoms with Gasteiger partial charge in [0, 0.05) is 19.3 Å². The van der Waals surface area contributed by atoms with E-state index in [9.17, 15) is 9.59 Å². The number of nitrogens with one attached hydrogen (secondary N) is 1. The molecule has 2 N–H and O–H groups in total. The quantitative estimate of drug-likeness (QED) is 0.896. The van der Waals surface area contributed by atoms with E-state index >= 15 is 0 Å². The molecule has 0 aromatic heterocycles. The molecule has 0 saturated carbocycles. The van der Waals surface area contributed by atoms with Crippen molar-refractivity contribution < 1.29 is 19.4 Å². The van der Waals surface area contributed by atoms with Gasteiger partial charge in [-0.1, -0.05) is 6.07 Å². The summed E-state index contributed by atoms with van der Waals surface area (Å²) in [5, 5.41) is 11.8. The SMILES string of the molecule is Cc1ccc(C(=O)O)cc1NC(=O)N(C)C1CCOC1C. The van der Waals surface area contributed by atoms with Crippen LogP contribution >= 0.6 is 0 Å². The number of carboxylic acid groups (broad SMARTS) is 1. The summed E-state index contributed by atoms with van der Waals surface area (Å²) in [6.07, 6.45) is 0.811. The normalized spacial score (nSPS) is 21.1. The number of rotatable bonds is 3. The first kappa shape index (κ1) is 15.3. The van der Waals surface area contributed by atoms with Crippen LogP contribution in [-0.4, -0.2) is 47.8 Å². The molecule has 1 aliphatic heterocycles. The van der Waals surface area contributed by atoms with E-state index in [0.29, 0.717) is 12.3 Å². The third-order valence-corrected chi connectivity index (χ3v) is 3.88. The Labute approximate surface area is 123 Å². The van der Waals surface area contributed by atoms with Crippen LogP contribution in [0.5, 0.6) is 0 Å². The maximum atomic E-state index is 12.3. The number of nitrogens with zero attached hydrogens (tertiary/aromatic N) is 1. The average molecular weight is 292 g/mol. The number of urea groups is 1. The molecule has 21 heavy (non-hydrogen) atoms. The van der Waals surface area contributed by atoms with Crippen LogP contribution < -0.4 is 5.32 Å². The minimum Gasteiger partial charge on any atom is -0.478 e. The molecule has 1 aliphatic rings. The second-order valence-electron chi connectivity index (χ2n) is 5.31. The number of ether oxygens (including phenoxy) is 1. The number of carbonyl (C=O) groups is 2. The molecule has 1 saturated heterocycles. The second kappa shape index (κ2) is 6.13. The lowest BCUT2D eigenvalue weighted by atomic mass is 10.1. The average Bonchev–Trinajstić information content (AvgIpc) is 2.86. The standard InChI is InChI=1S/C15H20N2O4/c1-9-4-5-11(14(18)19)8-12(9)16-15(20)17(3)13-6-7-21-10(13)2/h4-5,8,10,13H,6-7H2,1-3H3,(H,16,20)(H,18,19). The van der Waals surface area contributed by atoms with Crippen molar-refractivity contribution in [2.24, 2.45) is 0 Å². The molecule has 114 valence electrons. The highest BCUT2D eigenvalue weighted by atomic mass is 16.5. The van der Waals surface area contributed by atoms with Crippen LogP contribution in [0.3, 0.4) is 0 Å². The van der Waals surface area contributed by atoms with Crippen LogP contribution in [0.1, 0.15) is 29.3 Å². The zero-order chi connectivity index (χ0) is 15.6. The van der Waals surface area contributed by atoms with Crippen molar-refractivity contribution in [3.63, 3.8) is 0 Å². The molecule has 2 atom stereocenters. The Bertz CT molecular complexity index is 559. The molecular formula is C15H20N2O4. The Morgan fingerprint density at radius 3 is 2.71 bits per heavy atom. The Kier molecular flexibility index (Phi) is 4.47. The summed E-state index contributed by atoms with van der Waals surface area (Å²) in [6, 6.07) is 4.44. The van der Waals surface area contributed by atoms with Gasteiger partial charge < -0.3 is 20.1 Å². The van der Waals surface area contributed by atoms with E-state index in [1.165, 1.54) is 12.1 Å². The number of amides is 2. The van der Waals surface area contributed by atoms with Gasteiger partial charge in [-0.05, 0) is 38.0 Å². The molecule has 1 fully saturated rings. The van der Waals surface area contributed by atoms with Crippen molar-refractivity contribution in [2.75, 3.05) is 19.0 Å². The largest absolute Gasteiger partial charge is 0.478 e. The number of carboxylic acids is 1. The van der Waals surface area contributed by atoms with Gasteiger partial charge in [0.2, 0.25) is 0 Å². The van der Waals surface area contributed by atoms with Crippen LogP contribution in [0.2, 0.25) is 0 Å². The van der Waals surface area contributed by atoms with Gasteiger partial charge in [-0.2, -0.15) is 0 Å². The summed E-state index contributed by atoms with van der Waals surface area (Å²) in [5.41, 5.74) is 1.48. The Balaban J connectivity index is 2.12. The van der Waals surface area contributed by atoms with Crippen LogP contribution in [-0.2, 0) is 4.74 Å². The molecule has 6 nitrogen and oxygen atoms in total. The molecule has 1 aromatic carbocycles. The lowest BCUT2D eigenvalue weighted by molar-refractivity contribution is 0.0697. The predicted octanol–water partition coefficient (Wildman–Crippen LogP) is 2.33. The minimum atomic E-state index is -1.02. The first-order valence-electron chi connectivity index (χ1n) is 6.89. The third-order valence-electron chi connectivity index (χ3n) is 3.88. The molecule has 0 bridgehead atoms. The van der Waals surface area contributed by atoms with E-state index < -0.39 is 5.97 Å². The number of benzene rings is 1. The minimum absolute atomic E-state index is 0.00667. The molecule has 0 radical (unpaired) electrons. The van der Waals surface area contributed by atoms with Gasteiger partial charge in [0.1, 0.15) is 0 Å². The van der Waals surface area contributed by atoms with E-state index in [2.05, 4.69) is 5.32 Å². The van der Waals surface area contributed by atoms with Gasteiger partial charge in [0.15, 0.2) is 0 Å². The predicted molar refractivity (Wildman–Crippen MR) is 78.7 cm³/mol. The molecule has 2 amide bonds. The molecule has 0 aliphatic carbocycles. The first-order valence-corrected chi connectivity index (χ1v) is 6.89. The molecule has 0 spiro atoms. The van der Waals surface area contributed by atoms with Crippen molar-refractivity contribution in [3.8, 4) is 0 Å². The number of hydrogen-bond donors (Lipinski definition) is 2. The van der Waals surface area contributed by atoms with Gasteiger partial charge in [-0.3, -0.25) is 0 Å². The van der Waals surface area contributed by atoms with Crippen molar-refractivity contribution in [2.45, 2.75) is 32.4 Å². The maximum Gasteiger partial charge on any atom is 0.335 e. The Morgan fingerprint density at radius 2 is 2.14 bits per heavy atom. The molecule has 2 rings (SSSR count). The number of hydrogen-bond acceptors (Lipinski definition) is 3. The lowest BCUT2D eigenvalue weighted by Gasteiger charge is -2.27. The lowest BCUT2D eigenvalue weighted by Crippen LogP contribution is -2.43. The van der Waals surface area contributed by atoms with E-state index in [1.54, 1.807) is 18.0 Å². The summed E-state index contributed by atoms with van der Waals surface area (Å²) >= 11 is 0. The zero-order valence-corrected chi connectivity index (χ0v) is 12.4. The highest BCUT2D eigenvalue weighted by molar-refractivity contribution is 5.94. The smallest absolute Gasteiger partial charge is 0.335 e. The molecule has 1 aromatic rings. The van der Waals surface area contributed by atoms with Crippen LogP contribution in [0, 0.1) is 6.92 Å². The highest BCUT2D eigenvalue weighted by Gasteiger charge is 2.30. The van der Waals surface area contributed by atoms with Crippen molar-refractivity contribution in [3.05, 3.63) is 29.3 Å². The van der Waals surface area contributed by atoms with Gasteiger partial charge in [0.05, 0.1) is 17.7 Å². The topological polar surface area (TPSA) is 78.9 Å². The summed E-state index contributed by atoms with van der Waals surface area (Å²) < 4.78 is 5.46. The van der Waals surface area contributed by atoms with Gasteiger partial charge in [-0.25, -0.2) is 9.59 Å². The summed E-state index contributed by atoms with van der Waals surface area (Å²) in [7, 11) is 1.72. The van der Waals surface area contributed by atoms with Crippen LogP contribution in [0.4, 0.5) is 10.5 Å². The molecular weight excluding hydrogens is 272 g/mol. The van der Waals surface area contributed by atoms with Crippen molar-refractivity contribution in [1.29, 1.82) is 0 Å².